The van der Waals surface area contributed by atoms with Crippen molar-refractivity contribution in [1.82, 2.24) is 5.32 Å². The molecule has 0 fully saturated rings. The number of ether oxygens (including phenoxy) is 1. The fraction of sp³-hybridized carbons (Fsp3) is 1.00. The maximum absolute atomic E-state index is 9.03. The van der Waals surface area contributed by atoms with Gasteiger partial charge in [-0.25, -0.2) is 0 Å². The van der Waals surface area contributed by atoms with Crippen LogP contribution in [0.25, 0.3) is 0 Å². The third-order valence-corrected chi connectivity index (χ3v) is 5.09. The summed E-state index contributed by atoms with van der Waals surface area (Å²) in [5, 5.41) is 12.1. The Hall–Kier alpha value is -0.120. The molecule has 25 heavy (non-hydrogen) atoms. The van der Waals surface area contributed by atoms with Crippen molar-refractivity contribution in [3.05, 3.63) is 0 Å². The van der Waals surface area contributed by atoms with Gasteiger partial charge in [0.25, 0.3) is 0 Å². The molecule has 1 atom stereocenters. The van der Waals surface area contributed by atoms with Crippen molar-refractivity contribution in [2.24, 2.45) is 0 Å². The molecule has 0 radical (unpaired) electrons. The van der Waals surface area contributed by atoms with Gasteiger partial charge < -0.3 is 15.2 Å². The van der Waals surface area contributed by atoms with Crippen LogP contribution in [0.5, 0.6) is 0 Å². The van der Waals surface area contributed by atoms with E-state index in [9.17, 15) is 0 Å². The van der Waals surface area contributed by atoms with Crippen molar-refractivity contribution in [3.63, 3.8) is 0 Å². The maximum atomic E-state index is 9.03. The van der Waals surface area contributed by atoms with E-state index in [1.807, 2.05) is 7.05 Å². The van der Waals surface area contributed by atoms with Crippen LogP contribution in [-0.4, -0.2) is 38.0 Å². The summed E-state index contributed by atoms with van der Waals surface area (Å²) in [6, 6.07) is 0.0843. The van der Waals surface area contributed by atoms with E-state index in [0.29, 0.717) is 6.61 Å². The van der Waals surface area contributed by atoms with Gasteiger partial charge in [0.2, 0.25) is 0 Å². The zero-order valence-electron chi connectivity index (χ0n) is 17.4. The highest BCUT2D eigenvalue weighted by molar-refractivity contribution is 4.60. The fourth-order valence-corrected chi connectivity index (χ4v) is 3.21. The van der Waals surface area contributed by atoms with Gasteiger partial charge in [-0.15, -0.1) is 0 Å². The van der Waals surface area contributed by atoms with Crippen molar-refractivity contribution < 1.29 is 9.84 Å². The SMILES string of the molecule is CCCCCCCCCCCCCCCCCCOCC(CO)NC. The van der Waals surface area contributed by atoms with Crippen molar-refractivity contribution in [2.45, 2.75) is 116 Å². The molecule has 1 unspecified atom stereocenters. The van der Waals surface area contributed by atoms with Crippen molar-refractivity contribution in [1.29, 1.82) is 0 Å². The molecule has 3 heteroatoms. The molecule has 0 aliphatic rings. The molecule has 0 saturated heterocycles. The van der Waals surface area contributed by atoms with Gasteiger partial charge in [0, 0.05) is 6.61 Å². The van der Waals surface area contributed by atoms with Crippen molar-refractivity contribution >= 4 is 0 Å². The Morgan fingerprint density at radius 2 is 1.08 bits per heavy atom. The molecule has 0 aromatic carbocycles. The van der Waals surface area contributed by atoms with E-state index >= 15 is 0 Å². The lowest BCUT2D eigenvalue weighted by molar-refractivity contribution is 0.0887. The van der Waals surface area contributed by atoms with E-state index in [-0.39, 0.29) is 12.6 Å². The third kappa shape index (κ3) is 20.0. The van der Waals surface area contributed by atoms with E-state index in [1.54, 1.807) is 0 Å². The molecule has 152 valence electrons. The molecule has 0 aliphatic heterocycles. The number of aliphatic hydroxyl groups excluding tert-OH is 1. The van der Waals surface area contributed by atoms with Crippen LogP contribution in [0.4, 0.5) is 0 Å². The van der Waals surface area contributed by atoms with Gasteiger partial charge in [-0.1, -0.05) is 103 Å². The average Bonchev–Trinajstić information content (AvgIpc) is 2.64. The second kappa shape index (κ2) is 21.9. The van der Waals surface area contributed by atoms with Gasteiger partial charge in [-0.05, 0) is 13.5 Å². The summed E-state index contributed by atoms with van der Waals surface area (Å²) in [5.41, 5.74) is 0. The molecule has 0 heterocycles. The maximum Gasteiger partial charge on any atom is 0.0641 e. The fourth-order valence-electron chi connectivity index (χ4n) is 3.21. The van der Waals surface area contributed by atoms with Crippen LogP contribution >= 0.6 is 0 Å². The lowest BCUT2D eigenvalue weighted by atomic mass is 10.0. The van der Waals surface area contributed by atoms with E-state index in [1.165, 1.54) is 96.3 Å². The normalized spacial score (nSPS) is 12.6. The Kier molecular flexibility index (Phi) is 21.8. The summed E-state index contributed by atoms with van der Waals surface area (Å²) in [4.78, 5) is 0. The average molecular weight is 358 g/mol. The molecular formula is C22H47NO2. The number of rotatable bonds is 21. The molecule has 0 bridgehead atoms. The molecular weight excluding hydrogens is 310 g/mol. The van der Waals surface area contributed by atoms with E-state index in [4.69, 9.17) is 9.84 Å². The molecule has 0 aromatic rings. The molecule has 0 rings (SSSR count). The molecule has 0 aromatic heterocycles. The van der Waals surface area contributed by atoms with Crippen molar-refractivity contribution in [2.75, 3.05) is 26.9 Å². The lowest BCUT2D eigenvalue weighted by Crippen LogP contribution is -2.33. The summed E-state index contributed by atoms with van der Waals surface area (Å²) in [5.74, 6) is 0. The first-order valence-electron chi connectivity index (χ1n) is 11.2. The Morgan fingerprint density at radius 3 is 1.44 bits per heavy atom. The molecule has 0 spiro atoms. The minimum Gasteiger partial charge on any atom is -0.395 e. The lowest BCUT2D eigenvalue weighted by Gasteiger charge is -2.13. The van der Waals surface area contributed by atoms with Crippen LogP contribution in [0.1, 0.15) is 110 Å². The number of nitrogens with one attached hydrogen (secondary N) is 1. The number of hydrogen-bond acceptors (Lipinski definition) is 3. The predicted molar refractivity (Wildman–Crippen MR) is 110 cm³/mol. The van der Waals surface area contributed by atoms with Gasteiger partial charge in [0.15, 0.2) is 0 Å². The van der Waals surface area contributed by atoms with Crippen LogP contribution in [0.15, 0.2) is 0 Å². The third-order valence-electron chi connectivity index (χ3n) is 5.09. The summed E-state index contributed by atoms with van der Waals surface area (Å²) in [7, 11) is 1.86. The monoisotopic (exact) mass is 357 g/mol. The van der Waals surface area contributed by atoms with E-state index < -0.39 is 0 Å². The largest absolute Gasteiger partial charge is 0.395 e. The second-order valence-electron chi connectivity index (χ2n) is 7.55. The smallest absolute Gasteiger partial charge is 0.0641 e. The zero-order valence-corrected chi connectivity index (χ0v) is 17.4. The van der Waals surface area contributed by atoms with Crippen molar-refractivity contribution in [3.8, 4) is 0 Å². The minimum atomic E-state index is 0.0843. The van der Waals surface area contributed by atoms with Gasteiger partial charge in [-0.2, -0.15) is 0 Å². The Bertz CT molecular complexity index is 232. The number of aliphatic hydroxyl groups is 1. The summed E-state index contributed by atoms with van der Waals surface area (Å²) in [6.07, 6.45) is 22.4. The Morgan fingerprint density at radius 1 is 0.680 bits per heavy atom. The summed E-state index contributed by atoms with van der Waals surface area (Å²) in [6.45, 7) is 3.88. The van der Waals surface area contributed by atoms with Gasteiger partial charge in [0.05, 0.1) is 19.3 Å². The first-order chi connectivity index (χ1) is 12.3. The van der Waals surface area contributed by atoms with Gasteiger partial charge >= 0.3 is 0 Å². The first kappa shape index (κ1) is 24.9. The van der Waals surface area contributed by atoms with Crippen LogP contribution in [0.3, 0.4) is 0 Å². The highest BCUT2D eigenvalue weighted by Crippen LogP contribution is 2.13. The van der Waals surface area contributed by atoms with E-state index in [0.717, 1.165) is 13.0 Å². The topological polar surface area (TPSA) is 41.5 Å². The molecule has 0 saturated carbocycles. The molecule has 0 aliphatic carbocycles. The standard InChI is InChI=1S/C22H47NO2/c1-3-4-5-6-7-8-9-10-11-12-13-14-15-16-17-18-19-25-21-22(20-24)23-2/h22-24H,3-21H2,1-2H3. The summed E-state index contributed by atoms with van der Waals surface area (Å²) < 4.78 is 5.57. The zero-order chi connectivity index (χ0) is 18.4. The highest BCUT2D eigenvalue weighted by atomic mass is 16.5. The Labute approximate surface area is 158 Å². The molecule has 2 N–H and O–H groups in total. The molecule has 3 nitrogen and oxygen atoms in total. The van der Waals surface area contributed by atoms with Crippen LogP contribution in [-0.2, 0) is 4.74 Å². The van der Waals surface area contributed by atoms with Crippen LogP contribution in [0.2, 0.25) is 0 Å². The van der Waals surface area contributed by atoms with Crippen LogP contribution in [0, 0.1) is 0 Å². The van der Waals surface area contributed by atoms with Gasteiger partial charge in [0.1, 0.15) is 0 Å². The highest BCUT2D eigenvalue weighted by Gasteiger charge is 2.02. The first-order valence-corrected chi connectivity index (χ1v) is 11.2. The molecule has 0 amide bonds. The van der Waals surface area contributed by atoms with E-state index in [2.05, 4.69) is 12.2 Å². The second-order valence-corrected chi connectivity index (χ2v) is 7.55. The van der Waals surface area contributed by atoms with Crippen LogP contribution < -0.4 is 5.32 Å². The van der Waals surface area contributed by atoms with Gasteiger partial charge in [-0.3, -0.25) is 0 Å². The number of likely N-dealkylation sites (N-methyl/N-ethyl adjacent to an activating group) is 1. The minimum absolute atomic E-state index is 0.0843. The number of hydrogen-bond donors (Lipinski definition) is 2. The quantitative estimate of drug-likeness (QED) is 0.253. The Balaban J connectivity index is 3.03. The number of unbranched alkanes of at least 4 members (excludes halogenated alkanes) is 15. The summed E-state index contributed by atoms with van der Waals surface area (Å²) >= 11 is 0. The predicted octanol–water partition coefficient (Wildman–Crippen LogP) is 5.84.